The molecule has 3 nitrogen and oxygen atoms in total. The Morgan fingerprint density at radius 2 is 2.42 bits per heavy atom. The summed E-state index contributed by atoms with van der Waals surface area (Å²) < 4.78 is 5.64. The van der Waals surface area contributed by atoms with Crippen LogP contribution in [0, 0.1) is 0 Å². The van der Waals surface area contributed by atoms with Gasteiger partial charge in [0.25, 0.3) is 0 Å². The molecule has 0 spiro atoms. The van der Waals surface area contributed by atoms with Crippen LogP contribution in [0.5, 0.6) is 5.75 Å². The summed E-state index contributed by atoms with van der Waals surface area (Å²) in [5, 5.41) is 3.04. The lowest BCUT2D eigenvalue weighted by molar-refractivity contribution is 0.304. The molecule has 0 saturated heterocycles. The highest BCUT2D eigenvalue weighted by molar-refractivity contribution is 5.53. The molecule has 1 heterocycles. The maximum atomic E-state index is 5.64. The van der Waals surface area contributed by atoms with E-state index in [9.17, 15) is 0 Å². The fourth-order valence-electron chi connectivity index (χ4n) is 1.04. The number of hydrogen-bond acceptors (Lipinski definition) is 3. The van der Waals surface area contributed by atoms with Gasteiger partial charge in [0, 0.05) is 19.3 Å². The predicted molar refractivity (Wildman–Crippen MR) is 47.4 cm³/mol. The third kappa shape index (κ3) is 1.49. The highest BCUT2D eigenvalue weighted by Crippen LogP contribution is 2.30. The Labute approximate surface area is 71.8 Å². The van der Waals surface area contributed by atoms with E-state index in [-0.39, 0.29) is 0 Å². The number of anilines is 1. The second kappa shape index (κ2) is 3.01. The summed E-state index contributed by atoms with van der Waals surface area (Å²) >= 11 is 0. The van der Waals surface area contributed by atoms with E-state index in [0.717, 1.165) is 11.4 Å². The lowest BCUT2D eigenvalue weighted by atomic mass is 10.4. The maximum absolute atomic E-state index is 5.64. The molecule has 1 aliphatic carbocycles. The Morgan fingerprint density at radius 1 is 1.58 bits per heavy atom. The topological polar surface area (TPSA) is 34.2 Å². The van der Waals surface area contributed by atoms with Gasteiger partial charge in [-0.05, 0) is 12.8 Å². The van der Waals surface area contributed by atoms with Gasteiger partial charge in [0.1, 0.15) is 5.75 Å². The first-order valence-electron chi connectivity index (χ1n) is 4.18. The Kier molecular flexibility index (Phi) is 1.86. The second-order valence-corrected chi connectivity index (χ2v) is 2.94. The summed E-state index contributed by atoms with van der Waals surface area (Å²) in [6.45, 7) is 0. The van der Waals surface area contributed by atoms with Crippen LogP contribution in [0.4, 0.5) is 5.69 Å². The van der Waals surface area contributed by atoms with Gasteiger partial charge in [0.15, 0.2) is 0 Å². The Morgan fingerprint density at radius 3 is 3.08 bits per heavy atom. The zero-order chi connectivity index (χ0) is 8.39. The highest BCUT2D eigenvalue weighted by atomic mass is 16.5. The first kappa shape index (κ1) is 7.40. The smallest absolute Gasteiger partial charge is 0.145 e. The standard InChI is InChI=1S/C9H12N2O/c1-10-8-6-11-5-4-9(8)12-7-2-3-7/h4-7,10H,2-3H2,1H3. The predicted octanol–water partition coefficient (Wildman–Crippen LogP) is 1.66. The van der Waals surface area contributed by atoms with E-state index in [0.29, 0.717) is 6.10 Å². The van der Waals surface area contributed by atoms with E-state index in [1.165, 1.54) is 12.8 Å². The molecule has 3 heteroatoms. The molecule has 0 amide bonds. The molecule has 1 N–H and O–H groups in total. The fraction of sp³-hybridized carbons (Fsp3) is 0.444. The zero-order valence-corrected chi connectivity index (χ0v) is 7.08. The van der Waals surface area contributed by atoms with Gasteiger partial charge in [-0.15, -0.1) is 0 Å². The van der Waals surface area contributed by atoms with Gasteiger partial charge < -0.3 is 10.1 Å². The number of aromatic nitrogens is 1. The summed E-state index contributed by atoms with van der Waals surface area (Å²) in [6.07, 6.45) is 6.34. The number of hydrogen-bond donors (Lipinski definition) is 1. The van der Waals surface area contributed by atoms with Crippen LogP contribution in [0.1, 0.15) is 12.8 Å². The molecule has 1 aliphatic rings. The molecule has 2 rings (SSSR count). The van der Waals surface area contributed by atoms with Crippen molar-refractivity contribution >= 4 is 5.69 Å². The molecule has 12 heavy (non-hydrogen) atoms. The fourth-order valence-corrected chi connectivity index (χ4v) is 1.04. The molecule has 0 radical (unpaired) electrons. The van der Waals surface area contributed by atoms with Crippen molar-refractivity contribution in [1.82, 2.24) is 4.98 Å². The monoisotopic (exact) mass is 164 g/mol. The van der Waals surface area contributed by atoms with Crippen molar-refractivity contribution in [3.63, 3.8) is 0 Å². The molecule has 1 aromatic rings. The van der Waals surface area contributed by atoms with Crippen LogP contribution in [0.3, 0.4) is 0 Å². The number of pyridine rings is 1. The average molecular weight is 164 g/mol. The van der Waals surface area contributed by atoms with E-state index >= 15 is 0 Å². The second-order valence-electron chi connectivity index (χ2n) is 2.94. The van der Waals surface area contributed by atoms with Crippen molar-refractivity contribution in [1.29, 1.82) is 0 Å². The van der Waals surface area contributed by atoms with Gasteiger partial charge in [-0.25, -0.2) is 0 Å². The van der Waals surface area contributed by atoms with Crippen LogP contribution < -0.4 is 10.1 Å². The largest absolute Gasteiger partial charge is 0.488 e. The van der Waals surface area contributed by atoms with Crippen molar-refractivity contribution in [3.05, 3.63) is 18.5 Å². The van der Waals surface area contributed by atoms with Gasteiger partial charge in [-0.2, -0.15) is 0 Å². The molecule has 64 valence electrons. The molecular weight excluding hydrogens is 152 g/mol. The number of rotatable bonds is 3. The Balaban J connectivity index is 2.15. The third-order valence-electron chi connectivity index (χ3n) is 1.87. The van der Waals surface area contributed by atoms with Crippen molar-refractivity contribution in [2.24, 2.45) is 0 Å². The summed E-state index contributed by atoms with van der Waals surface area (Å²) in [6, 6.07) is 1.89. The molecule has 1 saturated carbocycles. The third-order valence-corrected chi connectivity index (χ3v) is 1.87. The summed E-state index contributed by atoms with van der Waals surface area (Å²) in [4.78, 5) is 4.00. The van der Waals surface area contributed by atoms with Gasteiger partial charge in [-0.1, -0.05) is 0 Å². The van der Waals surface area contributed by atoms with Gasteiger partial charge in [-0.3, -0.25) is 4.98 Å². The zero-order valence-electron chi connectivity index (χ0n) is 7.08. The molecule has 1 fully saturated rings. The van der Waals surface area contributed by atoms with Crippen LogP contribution in [-0.2, 0) is 0 Å². The van der Waals surface area contributed by atoms with E-state index in [2.05, 4.69) is 10.3 Å². The summed E-state index contributed by atoms with van der Waals surface area (Å²) in [5.41, 5.74) is 0.962. The van der Waals surface area contributed by atoms with Crippen molar-refractivity contribution in [3.8, 4) is 5.75 Å². The van der Waals surface area contributed by atoms with Gasteiger partial charge in [0.05, 0.1) is 18.0 Å². The number of ether oxygens (including phenoxy) is 1. The van der Waals surface area contributed by atoms with E-state index < -0.39 is 0 Å². The van der Waals surface area contributed by atoms with Crippen LogP contribution >= 0.6 is 0 Å². The Hall–Kier alpha value is -1.25. The van der Waals surface area contributed by atoms with E-state index in [1.807, 2.05) is 13.1 Å². The van der Waals surface area contributed by atoms with Crippen LogP contribution in [0.15, 0.2) is 18.5 Å². The molecule has 0 bridgehead atoms. The summed E-state index contributed by atoms with van der Waals surface area (Å²) in [7, 11) is 1.87. The minimum Gasteiger partial charge on any atom is -0.488 e. The molecule has 0 atom stereocenters. The highest BCUT2D eigenvalue weighted by Gasteiger charge is 2.24. The van der Waals surface area contributed by atoms with Crippen LogP contribution in [0.2, 0.25) is 0 Å². The van der Waals surface area contributed by atoms with Crippen molar-refractivity contribution in [2.75, 3.05) is 12.4 Å². The molecule has 0 unspecified atom stereocenters. The first-order chi connectivity index (χ1) is 5.90. The number of nitrogens with one attached hydrogen (secondary N) is 1. The normalized spacial score (nSPS) is 15.8. The number of nitrogens with zero attached hydrogens (tertiary/aromatic N) is 1. The van der Waals surface area contributed by atoms with Crippen molar-refractivity contribution < 1.29 is 4.74 Å². The average Bonchev–Trinajstić information content (AvgIpc) is 2.89. The first-order valence-corrected chi connectivity index (χ1v) is 4.18. The maximum Gasteiger partial charge on any atom is 0.145 e. The molecule has 1 aromatic heterocycles. The van der Waals surface area contributed by atoms with Gasteiger partial charge >= 0.3 is 0 Å². The Bertz CT molecular complexity index is 271. The van der Waals surface area contributed by atoms with Crippen molar-refractivity contribution in [2.45, 2.75) is 18.9 Å². The minimum absolute atomic E-state index is 0.444. The molecule has 0 aliphatic heterocycles. The van der Waals surface area contributed by atoms with Gasteiger partial charge in [0.2, 0.25) is 0 Å². The van der Waals surface area contributed by atoms with Crippen LogP contribution in [0.25, 0.3) is 0 Å². The van der Waals surface area contributed by atoms with E-state index in [4.69, 9.17) is 4.74 Å². The lowest BCUT2D eigenvalue weighted by Gasteiger charge is -2.08. The molecular formula is C9H12N2O. The van der Waals surface area contributed by atoms with Crippen LogP contribution in [-0.4, -0.2) is 18.1 Å². The lowest BCUT2D eigenvalue weighted by Crippen LogP contribution is -2.00. The van der Waals surface area contributed by atoms with E-state index in [1.54, 1.807) is 12.4 Å². The molecule has 0 aromatic carbocycles. The SMILES string of the molecule is CNc1cnccc1OC1CC1. The summed E-state index contributed by atoms with van der Waals surface area (Å²) in [5.74, 6) is 0.912. The minimum atomic E-state index is 0.444. The quantitative estimate of drug-likeness (QED) is 0.737.